The Morgan fingerprint density at radius 1 is 1.38 bits per heavy atom. The van der Waals surface area contributed by atoms with Crippen molar-refractivity contribution in [2.45, 2.75) is 26.7 Å². The van der Waals surface area contributed by atoms with Crippen LogP contribution in [-0.2, 0) is 0 Å². The first-order valence-corrected chi connectivity index (χ1v) is 5.70. The molecule has 0 aromatic carbocycles. The zero-order valence-electron chi connectivity index (χ0n) is 9.90. The maximum Gasteiger partial charge on any atom is 0.143 e. The number of anilines is 1. The largest absolute Gasteiger partial charge is 0.326 e. The fraction of sp³-hybridized carbons (Fsp3) is 0.385. The summed E-state index contributed by atoms with van der Waals surface area (Å²) in [4.78, 5) is 10.9. The number of hydrogen-bond acceptors (Lipinski definition) is 3. The lowest BCUT2D eigenvalue weighted by Crippen LogP contribution is -2.26. The predicted octanol–water partition coefficient (Wildman–Crippen LogP) is 2.93. The summed E-state index contributed by atoms with van der Waals surface area (Å²) in [5.74, 6) is 1.80. The molecule has 16 heavy (non-hydrogen) atoms. The molecule has 2 heterocycles. The Bertz CT molecular complexity index is 435. The fourth-order valence-corrected chi connectivity index (χ4v) is 1.78. The maximum absolute atomic E-state index is 4.50. The number of aryl methyl sites for hydroxylation is 1. The van der Waals surface area contributed by atoms with Crippen molar-refractivity contribution in [3.8, 4) is 0 Å². The number of aromatic nitrogens is 2. The van der Waals surface area contributed by atoms with Crippen LogP contribution >= 0.6 is 0 Å². The minimum atomic E-state index is 0.809. The lowest BCUT2D eigenvalue weighted by Gasteiger charge is -2.28. The van der Waals surface area contributed by atoms with Gasteiger partial charge in [-0.3, -0.25) is 0 Å². The molecule has 1 aromatic rings. The predicted molar refractivity (Wildman–Crippen MR) is 67.2 cm³/mol. The molecule has 0 saturated heterocycles. The van der Waals surface area contributed by atoms with Crippen molar-refractivity contribution >= 4 is 11.9 Å². The summed E-state index contributed by atoms with van der Waals surface area (Å²) >= 11 is 0. The van der Waals surface area contributed by atoms with Crippen molar-refractivity contribution in [2.24, 2.45) is 0 Å². The number of nitrogens with zero attached hydrogens (tertiary/aromatic N) is 3. The summed E-state index contributed by atoms with van der Waals surface area (Å²) in [6, 6.07) is 0. The van der Waals surface area contributed by atoms with Gasteiger partial charge in [0.2, 0.25) is 0 Å². The van der Waals surface area contributed by atoms with E-state index in [1.807, 2.05) is 25.3 Å². The van der Waals surface area contributed by atoms with Crippen molar-refractivity contribution in [3.05, 3.63) is 35.9 Å². The molecule has 0 unspecified atom stereocenters. The maximum atomic E-state index is 4.50. The summed E-state index contributed by atoms with van der Waals surface area (Å²) in [5.41, 5.74) is 2.09. The zero-order valence-corrected chi connectivity index (χ0v) is 9.90. The molecule has 0 aliphatic carbocycles. The van der Waals surface area contributed by atoms with Crippen molar-refractivity contribution in [3.63, 3.8) is 0 Å². The molecule has 0 bridgehead atoms. The van der Waals surface area contributed by atoms with Crippen LogP contribution in [0.25, 0.3) is 6.08 Å². The van der Waals surface area contributed by atoms with Gasteiger partial charge >= 0.3 is 0 Å². The molecule has 0 saturated carbocycles. The van der Waals surface area contributed by atoms with E-state index in [0.717, 1.165) is 35.9 Å². The van der Waals surface area contributed by atoms with Crippen LogP contribution in [0.4, 0.5) is 5.82 Å². The average molecular weight is 215 g/mol. The van der Waals surface area contributed by atoms with E-state index in [1.54, 1.807) is 0 Å². The van der Waals surface area contributed by atoms with E-state index in [1.165, 1.54) is 6.42 Å². The van der Waals surface area contributed by atoms with Gasteiger partial charge in [0.25, 0.3) is 0 Å². The molecule has 0 N–H and O–H groups in total. The van der Waals surface area contributed by atoms with E-state index >= 15 is 0 Å². The van der Waals surface area contributed by atoms with Crippen LogP contribution in [-0.4, -0.2) is 16.5 Å². The van der Waals surface area contributed by atoms with E-state index in [0.29, 0.717) is 0 Å². The Labute approximate surface area is 96.5 Å². The molecule has 1 aliphatic heterocycles. The van der Waals surface area contributed by atoms with E-state index < -0.39 is 0 Å². The Morgan fingerprint density at radius 3 is 2.94 bits per heavy atom. The molecular weight excluding hydrogens is 198 g/mol. The van der Waals surface area contributed by atoms with Crippen LogP contribution in [0.2, 0.25) is 0 Å². The molecule has 0 amide bonds. The molecule has 0 spiro atoms. The van der Waals surface area contributed by atoms with Gasteiger partial charge in [0.05, 0.1) is 0 Å². The first kappa shape index (κ1) is 10.9. The second-order valence-electron chi connectivity index (χ2n) is 4.03. The summed E-state index contributed by atoms with van der Waals surface area (Å²) < 4.78 is 0. The Balaban J connectivity index is 2.35. The minimum absolute atomic E-state index is 0.809. The molecule has 3 heteroatoms. The van der Waals surface area contributed by atoms with Gasteiger partial charge in [0.15, 0.2) is 0 Å². The Morgan fingerprint density at radius 2 is 2.19 bits per heavy atom. The van der Waals surface area contributed by atoms with Crippen LogP contribution in [0.5, 0.6) is 0 Å². The molecule has 84 valence electrons. The monoisotopic (exact) mass is 215 g/mol. The van der Waals surface area contributed by atoms with E-state index in [9.17, 15) is 0 Å². The molecule has 0 radical (unpaired) electrons. The Hall–Kier alpha value is -1.64. The number of allylic oxidation sites excluding steroid dienone is 1. The number of hydrogen-bond donors (Lipinski definition) is 0. The first-order valence-electron chi connectivity index (χ1n) is 5.70. The highest BCUT2D eigenvalue weighted by atomic mass is 15.2. The summed E-state index contributed by atoms with van der Waals surface area (Å²) in [5, 5.41) is 0. The van der Waals surface area contributed by atoms with Gasteiger partial charge in [-0.05, 0) is 25.5 Å². The van der Waals surface area contributed by atoms with Gasteiger partial charge in [0, 0.05) is 24.0 Å². The smallest absolute Gasteiger partial charge is 0.143 e. The highest BCUT2D eigenvalue weighted by Gasteiger charge is 2.17. The number of rotatable bonds is 3. The highest BCUT2D eigenvalue weighted by molar-refractivity contribution is 5.72. The second kappa shape index (κ2) is 4.47. The number of fused-ring (bicyclic) bond motifs is 1. The highest BCUT2D eigenvalue weighted by Crippen LogP contribution is 2.27. The third kappa shape index (κ3) is 1.98. The van der Waals surface area contributed by atoms with Gasteiger partial charge in [-0.25, -0.2) is 9.97 Å². The normalized spacial score (nSPS) is 14.1. The topological polar surface area (TPSA) is 29.0 Å². The molecular formula is C13H17N3. The summed E-state index contributed by atoms with van der Waals surface area (Å²) in [6.07, 6.45) is 8.25. The minimum Gasteiger partial charge on any atom is -0.326 e. The fourth-order valence-electron chi connectivity index (χ4n) is 1.78. The lowest BCUT2D eigenvalue weighted by molar-refractivity contribution is 0.760. The SMILES string of the molecule is C=C1C=Cc2cnc(C)nc2N1CCCC. The molecule has 1 aliphatic rings. The first-order chi connectivity index (χ1) is 7.72. The standard InChI is InChI=1S/C13H17N3/c1-4-5-8-16-10(2)6-7-12-9-14-11(3)15-13(12)16/h6-7,9H,2,4-5,8H2,1,3H3. The van der Waals surface area contributed by atoms with Crippen molar-refractivity contribution < 1.29 is 0 Å². The summed E-state index contributed by atoms with van der Waals surface area (Å²) in [6.45, 7) is 9.14. The zero-order chi connectivity index (χ0) is 11.5. The molecule has 3 nitrogen and oxygen atoms in total. The van der Waals surface area contributed by atoms with Crippen molar-refractivity contribution in [1.29, 1.82) is 0 Å². The lowest BCUT2D eigenvalue weighted by atomic mass is 10.1. The van der Waals surface area contributed by atoms with Crippen LogP contribution in [0, 0.1) is 6.92 Å². The van der Waals surface area contributed by atoms with Crippen LogP contribution < -0.4 is 4.90 Å². The quantitative estimate of drug-likeness (QED) is 0.776. The third-order valence-corrected chi connectivity index (χ3v) is 2.71. The van der Waals surface area contributed by atoms with Gasteiger partial charge in [-0.1, -0.05) is 19.9 Å². The van der Waals surface area contributed by atoms with Gasteiger partial charge in [-0.2, -0.15) is 0 Å². The van der Waals surface area contributed by atoms with Crippen LogP contribution in [0.15, 0.2) is 24.5 Å². The molecule has 0 atom stereocenters. The van der Waals surface area contributed by atoms with E-state index in [4.69, 9.17) is 0 Å². The van der Waals surface area contributed by atoms with E-state index in [2.05, 4.69) is 28.4 Å². The third-order valence-electron chi connectivity index (χ3n) is 2.71. The average Bonchev–Trinajstić information content (AvgIpc) is 2.28. The Kier molecular flexibility index (Phi) is 3.04. The van der Waals surface area contributed by atoms with Gasteiger partial charge in [0.1, 0.15) is 11.6 Å². The van der Waals surface area contributed by atoms with Gasteiger partial charge in [-0.15, -0.1) is 0 Å². The summed E-state index contributed by atoms with van der Waals surface area (Å²) in [7, 11) is 0. The molecule has 0 fully saturated rings. The van der Waals surface area contributed by atoms with Crippen molar-refractivity contribution in [2.75, 3.05) is 11.4 Å². The van der Waals surface area contributed by atoms with Crippen LogP contribution in [0.3, 0.4) is 0 Å². The molecule has 2 rings (SSSR count). The van der Waals surface area contributed by atoms with Crippen molar-refractivity contribution in [1.82, 2.24) is 9.97 Å². The second-order valence-corrected chi connectivity index (χ2v) is 4.03. The van der Waals surface area contributed by atoms with Crippen LogP contribution in [0.1, 0.15) is 31.2 Å². The molecule has 1 aromatic heterocycles. The van der Waals surface area contributed by atoms with E-state index in [-0.39, 0.29) is 0 Å². The number of unbranched alkanes of at least 4 members (excludes halogenated alkanes) is 1. The van der Waals surface area contributed by atoms with Gasteiger partial charge < -0.3 is 4.90 Å².